The van der Waals surface area contributed by atoms with Gasteiger partial charge in [0.2, 0.25) is 0 Å². The standard InChI is InChI=1S/C14H24F3NO/c15-14(16,17)13(11-18-9-5-2-6-10-18)19-12-7-3-1-4-8-12/h12-13H,1-11H2/t13-/m1/s1. The van der Waals surface area contributed by atoms with Gasteiger partial charge < -0.3 is 9.64 Å². The molecule has 2 rings (SSSR count). The third-order valence-corrected chi connectivity index (χ3v) is 4.15. The lowest BCUT2D eigenvalue weighted by atomic mass is 9.97. The van der Waals surface area contributed by atoms with Gasteiger partial charge in [0.25, 0.3) is 0 Å². The maximum atomic E-state index is 13.1. The minimum absolute atomic E-state index is 0.0139. The Kier molecular flexibility index (Phi) is 5.51. The molecule has 1 aliphatic carbocycles. The van der Waals surface area contributed by atoms with Crippen LogP contribution in [0.1, 0.15) is 51.4 Å². The summed E-state index contributed by atoms with van der Waals surface area (Å²) in [5.41, 5.74) is 0. The zero-order valence-corrected chi connectivity index (χ0v) is 11.4. The van der Waals surface area contributed by atoms with Crippen LogP contribution in [0.3, 0.4) is 0 Å². The molecule has 0 N–H and O–H groups in total. The normalized spacial score (nSPS) is 25.4. The van der Waals surface area contributed by atoms with Gasteiger partial charge in [-0.05, 0) is 38.8 Å². The van der Waals surface area contributed by atoms with Crippen molar-refractivity contribution in [3.05, 3.63) is 0 Å². The highest BCUT2D eigenvalue weighted by Crippen LogP contribution is 2.29. The van der Waals surface area contributed by atoms with Gasteiger partial charge >= 0.3 is 6.18 Å². The van der Waals surface area contributed by atoms with Crippen LogP contribution in [-0.4, -0.2) is 42.9 Å². The summed E-state index contributed by atoms with van der Waals surface area (Å²) in [6.45, 7) is 1.57. The first-order valence-corrected chi connectivity index (χ1v) is 7.50. The maximum absolute atomic E-state index is 13.1. The van der Waals surface area contributed by atoms with Crippen molar-refractivity contribution < 1.29 is 17.9 Å². The largest absolute Gasteiger partial charge is 0.415 e. The van der Waals surface area contributed by atoms with E-state index in [9.17, 15) is 13.2 Å². The molecule has 0 unspecified atom stereocenters. The van der Waals surface area contributed by atoms with Crippen molar-refractivity contribution in [1.82, 2.24) is 4.90 Å². The summed E-state index contributed by atoms with van der Waals surface area (Å²) in [6.07, 6.45) is 1.81. The highest BCUT2D eigenvalue weighted by Gasteiger charge is 2.43. The molecule has 19 heavy (non-hydrogen) atoms. The molecule has 2 aliphatic rings. The maximum Gasteiger partial charge on any atom is 0.415 e. The average Bonchev–Trinajstić information content (AvgIpc) is 2.39. The number of ether oxygens (including phenoxy) is 1. The fourth-order valence-electron chi connectivity index (χ4n) is 3.03. The minimum Gasteiger partial charge on any atom is -0.364 e. The molecule has 0 spiro atoms. The zero-order chi connectivity index (χ0) is 13.7. The first-order chi connectivity index (χ1) is 9.05. The van der Waals surface area contributed by atoms with Crippen LogP contribution in [0.2, 0.25) is 0 Å². The quantitative estimate of drug-likeness (QED) is 0.777. The number of alkyl halides is 3. The Morgan fingerprint density at radius 2 is 1.53 bits per heavy atom. The number of rotatable bonds is 4. The van der Waals surface area contributed by atoms with Gasteiger partial charge in [0.15, 0.2) is 6.10 Å². The second-order valence-corrected chi connectivity index (χ2v) is 5.79. The number of halogens is 3. The first-order valence-electron chi connectivity index (χ1n) is 7.50. The topological polar surface area (TPSA) is 12.5 Å². The van der Waals surface area contributed by atoms with Gasteiger partial charge in [0.1, 0.15) is 0 Å². The number of hydrogen-bond acceptors (Lipinski definition) is 2. The monoisotopic (exact) mass is 279 g/mol. The number of likely N-dealkylation sites (tertiary alicyclic amines) is 1. The second kappa shape index (κ2) is 6.93. The van der Waals surface area contributed by atoms with E-state index in [4.69, 9.17) is 4.74 Å². The lowest BCUT2D eigenvalue weighted by Gasteiger charge is -2.34. The van der Waals surface area contributed by atoms with Gasteiger partial charge in [-0.1, -0.05) is 25.7 Å². The Morgan fingerprint density at radius 1 is 0.947 bits per heavy atom. The van der Waals surface area contributed by atoms with E-state index in [1.807, 2.05) is 4.90 Å². The summed E-state index contributed by atoms with van der Waals surface area (Å²) in [6, 6.07) is 0. The van der Waals surface area contributed by atoms with E-state index < -0.39 is 12.3 Å². The number of piperidine rings is 1. The molecule has 0 bridgehead atoms. The molecule has 1 saturated carbocycles. The van der Waals surface area contributed by atoms with Crippen molar-refractivity contribution in [3.63, 3.8) is 0 Å². The molecule has 0 aromatic carbocycles. The Hall–Kier alpha value is -0.290. The molecule has 112 valence electrons. The Morgan fingerprint density at radius 3 is 2.11 bits per heavy atom. The third-order valence-electron chi connectivity index (χ3n) is 4.15. The predicted molar refractivity (Wildman–Crippen MR) is 68.1 cm³/mol. The molecule has 5 heteroatoms. The van der Waals surface area contributed by atoms with Crippen molar-refractivity contribution in [1.29, 1.82) is 0 Å². The predicted octanol–water partition coefficient (Wildman–Crippen LogP) is 3.75. The van der Waals surface area contributed by atoms with E-state index in [1.54, 1.807) is 0 Å². The van der Waals surface area contributed by atoms with E-state index >= 15 is 0 Å². The van der Waals surface area contributed by atoms with Gasteiger partial charge in [-0.25, -0.2) is 0 Å². The zero-order valence-electron chi connectivity index (χ0n) is 11.4. The Labute approximate surface area is 113 Å². The smallest absolute Gasteiger partial charge is 0.364 e. The van der Waals surface area contributed by atoms with E-state index in [0.29, 0.717) is 0 Å². The third kappa shape index (κ3) is 4.95. The molecular formula is C14H24F3NO. The van der Waals surface area contributed by atoms with Crippen LogP contribution in [0.5, 0.6) is 0 Å². The molecule has 0 aromatic rings. The summed E-state index contributed by atoms with van der Waals surface area (Å²) in [7, 11) is 0. The van der Waals surface area contributed by atoms with Crippen LogP contribution >= 0.6 is 0 Å². The van der Waals surface area contributed by atoms with Crippen LogP contribution in [0.15, 0.2) is 0 Å². The molecule has 0 aromatic heterocycles. The van der Waals surface area contributed by atoms with Crippen LogP contribution in [0.25, 0.3) is 0 Å². The number of nitrogens with zero attached hydrogens (tertiary/aromatic N) is 1. The molecule has 1 heterocycles. The van der Waals surface area contributed by atoms with Gasteiger partial charge in [-0.3, -0.25) is 0 Å². The molecule has 1 aliphatic heterocycles. The van der Waals surface area contributed by atoms with E-state index in [0.717, 1.165) is 64.5 Å². The van der Waals surface area contributed by atoms with Crippen molar-refractivity contribution in [2.75, 3.05) is 19.6 Å². The SMILES string of the molecule is FC(F)(F)[C@@H](CN1CCCCC1)OC1CCCCC1. The molecule has 1 saturated heterocycles. The highest BCUT2D eigenvalue weighted by molar-refractivity contribution is 4.78. The molecular weight excluding hydrogens is 255 g/mol. The molecule has 2 fully saturated rings. The minimum atomic E-state index is -4.24. The van der Waals surface area contributed by atoms with Crippen LogP contribution in [0.4, 0.5) is 13.2 Å². The Bertz CT molecular complexity index is 238. The van der Waals surface area contributed by atoms with Gasteiger partial charge in [0.05, 0.1) is 6.10 Å². The Balaban J connectivity index is 1.87. The summed E-state index contributed by atoms with van der Waals surface area (Å²) in [5, 5.41) is 0. The summed E-state index contributed by atoms with van der Waals surface area (Å²) < 4.78 is 44.6. The summed E-state index contributed by atoms with van der Waals surface area (Å²) >= 11 is 0. The molecule has 0 radical (unpaired) electrons. The highest BCUT2D eigenvalue weighted by atomic mass is 19.4. The molecule has 1 atom stereocenters. The fourth-order valence-corrected chi connectivity index (χ4v) is 3.03. The average molecular weight is 279 g/mol. The molecule has 2 nitrogen and oxygen atoms in total. The fraction of sp³-hybridized carbons (Fsp3) is 1.00. The van der Waals surface area contributed by atoms with E-state index in [2.05, 4.69) is 0 Å². The lowest BCUT2D eigenvalue weighted by Crippen LogP contribution is -2.46. The van der Waals surface area contributed by atoms with Crippen LogP contribution in [0, 0.1) is 0 Å². The van der Waals surface area contributed by atoms with Crippen molar-refractivity contribution in [3.8, 4) is 0 Å². The summed E-state index contributed by atoms with van der Waals surface area (Å²) in [4.78, 5) is 1.91. The molecule has 0 amide bonds. The second-order valence-electron chi connectivity index (χ2n) is 5.79. The van der Waals surface area contributed by atoms with E-state index in [-0.39, 0.29) is 12.6 Å². The van der Waals surface area contributed by atoms with Gasteiger partial charge in [0, 0.05) is 6.54 Å². The van der Waals surface area contributed by atoms with Crippen molar-refractivity contribution >= 4 is 0 Å². The van der Waals surface area contributed by atoms with Crippen LogP contribution < -0.4 is 0 Å². The van der Waals surface area contributed by atoms with Crippen LogP contribution in [-0.2, 0) is 4.74 Å². The first kappa shape index (κ1) is 15.1. The van der Waals surface area contributed by atoms with Gasteiger partial charge in [-0.15, -0.1) is 0 Å². The summed E-state index contributed by atoms with van der Waals surface area (Å²) in [5.74, 6) is 0. The van der Waals surface area contributed by atoms with Crippen molar-refractivity contribution in [2.45, 2.75) is 69.8 Å². The van der Waals surface area contributed by atoms with E-state index in [1.165, 1.54) is 0 Å². The lowest BCUT2D eigenvalue weighted by molar-refractivity contribution is -0.240. The van der Waals surface area contributed by atoms with Gasteiger partial charge in [-0.2, -0.15) is 13.2 Å². The van der Waals surface area contributed by atoms with Crippen molar-refractivity contribution in [2.24, 2.45) is 0 Å². The number of hydrogen-bond donors (Lipinski definition) is 0.